The second-order valence-corrected chi connectivity index (χ2v) is 4.59. The minimum Gasteiger partial charge on any atom is -0.364 e. The minimum atomic E-state index is -0.215. The van der Waals surface area contributed by atoms with Crippen LogP contribution in [0.2, 0.25) is 0 Å². The van der Waals surface area contributed by atoms with E-state index >= 15 is 0 Å². The number of para-hydroxylation sites is 1. The molecule has 1 heterocycles. The highest BCUT2D eigenvalue weighted by atomic mass is 16.5. The van der Waals surface area contributed by atoms with E-state index in [0.717, 1.165) is 16.8 Å². The summed E-state index contributed by atoms with van der Waals surface area (Å²) in [5.41, 5.74) is 3.03. The summed E-state index contributed by atoms with van der Waals surface area (Å²) in [5.74, 6) is -0.137. The van der Waals surface area contributed by atoms with E-state index in [4.69, 9.17) is 4.74 Å². The van der Waals surface area contributed by atoms with Crippen LogP contribution >= 0.6 is 0 Å². The number of hydrogen-bond donors (Lipinski definition) is 0. The standard InChI is InChI=1S/C16H15NO2/c1-19-11-17-14-10-6-5-9-13(14)15(16(17)18)12-7-3-2-4-8-12/h2-10,15H,11H2,1H3. The van der Waals surface area contributed by atoms with Crippen molar-refractivity contribution in [3.63, 3.8) is 0 Å². The van der Waals surface area contributed by atoms with Gasteiger partial charge in [-0.25, -0.2) is 0 Å². The molecule has 0 aromatic heterocycles. The Hall–Kier alpha value is -2.13. The van der Waals surface area contributed by atoms with Crippen molar-refractivity contribution in [2.75, 3.05) is 18.7 Å². The Kier molecular flexibility index (Phi) is 3.05. The number of hydrogen-bond acceptors (Lipinski definition) is 2. The van der Waals surface area contributed by atoms with E-state index in [9.17, 15) is 4.79 Å². The fourth-order valence-corrected chi connectivity index (χ4v) is 2.61. The maximum atomic E-state index is 12.6. The van der Waals surface area contributed by atoms with Gasteiger partial charge in [0.15, 0.2) is 0 Å². The first-order chi connectivity index (χ1) is 9.33. The van der Waals surface area contributed by atoms with Crippen molar-refractivity contribution in [2.24, 2.45) is 0 Å². The zero-order valence-electron chi connectivity index (χ0n) is 10.7. The third-order valence-corrected chi connectivity index (χ3v) is 3.44. The molecule has 3 rings (SSSR count). The van der Waals surface area contributed by atoms with E-state index < -0.39 is 0 Å². The van der Waals surface area contributed by atoms with Crippen molar-refractivity contribution in [1.82, 2.24) is 0 Å². The molecule has 1 aliphatic heterocycles. The van der Waals surface area contributed by atoms with Crippen LogP contribution in [0, 0.1) is 0 Å². The van der Waals surface area contributed by atoms with Crippen molar-refractivity contribution in [1.29, 1.82) is 0 Å². The summed E-state index contributed by atoms with van der Waals surface area (Å²) in [6.07, 6.45) is 0. The molecule has 0 bridgehead atoms. The second kappa shape index (κ2) is 4.86. The smallest absolute Gasteiger partial charge is 0.240 e. The third kappa shape index (κ3) is 1.92. The number of carbonyl (C=O) groups excluding carboxylic acids is 1. The van der Waals surface area contributed by atoms with E-state index in [0.29, 0.717) is 6.73 Å². The van der Waals surface area contributed by atoms with Crippen LogP contribution in [0.1, 0.15) is 17.0 Å². The SMILES string of the molecule is COCN1C(=O)C(c2ccccc2)c2ccccc21. The number of rotatable bonds is 3. The van der Waals surface area contributed by atoms with Crippen LogP contribution in [0.4, 0.5) is 5.69 Å². The molecule has 0 fully saturated rings. The molecule has 0 saturated heterocycles. The summed E-state index contributed by atoms with van der Waals surface area (Å²) in [6, 6.07) is 17.8. The zero-order valence-corrected chi connectivity index (χ0v) is 10.7. The molecule has 0 radical (unpaired) electrons. The molecule has 0 aliphatic carbocycles. The topological polar surface area (TPSA) is 29.5 Å². The van der Waals surface area contributed by atoms with Gasteiger partial charge in [-0.2, -0.15) is 0 Å². The third-order valence-electron chi connectivity index (χ3n) is 3.44. The molecule has 3 heteroatoms. The number of methoxy groups -OCH3 is 1. The first-order valence-corrected chi connectivity index (χ1v) is 6.27. The summed E-state index contributed by atoms with van der Waals surface area (Å²) >= 11 is 0. The van der Waals surface area contributed by atoms with Crippen molar-refractivity contribution < 1.29 is 9.53 Å². The number of benzene rings is 2. The fourth-order valence-electron chi connectivity index (χ4n) is 2.61. The number of ether oxygens (including phenoxy) is 1. The minimum absolute atomic E-state index is 0.0780. The molecular formula is C16H15NO2. The van der Waals surface area contributed by atoms with Gasteiger partial charge in [0.1, 0.15) is 6.73 Å². The monoisotopic (exact) mass is 253 g/mol. The van der Waals surface area contributed by atoms with E-state index in [1.165, 1.54) is 0 Å². The molecule has 96 valence electrons. The van der Waals surface area contributed by atoms with Crippen molar-refractivity contribution in [3.05, 3.63) is 65.7 Å². The van der Waals surface area contributed by atoms with Gasteiger partial charge < -0.3 is 4.74 Å². The maximum Gasteiger partial charge on any atom is 0.240 e. The Morgan fingerprint density at radius 2 is 1.74 bits per heavy atom. The van der Waals surface area contributed by atoms with Crippen LogP contribution < -0.4 is 4.90 Å². The van der Waals surface area contributed by atoms with Gasteiger partial charge in [0.25, 0.3) is 0 Å². The van der Waals surface area contributed by atoms with Crippen LogP contribution in [0.25, 0.3) is 0 Å². The van der Waals surface area contributed by atoms with Gasteiger partial charge in [0.2, 0.25) is 5.91 Å². The molecule has 2 aromatic carbocycles. The first-order valence-electron chi connectivity index (χ1n) is 6.27. The van der Waals surface area contributed by atoms with E-state index in [1.807, 2.05) is 54.6 Å². The molecule has 19 heavy (non-hydrogen) atoms. The molecule has 1 aliphatic rings. The lowest BCUT2D eigenvalue weighted by Gasteiger charge is -2.16. The highest BCUT2D eigenvalue weighted by molar-refractivity contribution is 6.06. The highest BCUT2D eigenvalue weighted by Crippen LogP contribution is 2.40. The fraction of sp³-hybridized carbons (Fsp3) is 0.188. The first kappa shape index (κ1) is 11.9. The molecule has 0 spiro atoms. The van der Waals surface area contributed by atoms with Gasteiger partial charge >= 0.3 is 0 Å². The Balaban J connectivity index is 2.09. The molecule has 0 saturated carbocycles. The Bertz CT molecular complexity index is 595. The average Bonchev–Trinajstić information content (AvgIpc) is 2.73. The summed E-state index contributed by atoms with van der Waals surface area (Å²) in [5, 5.41) is 0. The number of fused-ring (bicyclic) bond motifs is 1. The van der Waals surface area contributed by atoms with Gasteiger partial charge in [0, 0.05) is 7.11 Å². The molecule has 2 aromatic rings. The van der Waals surface area contributed by atoms with Gasteiger partial charge in [-0.3, -0.25) is 9.69 Å². The zero-order chi connectivity index (χ0) is 13.2. The lowest BCUT2D eigenvalue weighted by atomic mass is 9.93. The molecule has 1 amide bonds. The highest BCUT2D eigenvalue weighted by Gasteiger charge is 2.37. The summed E-state index contributed by atoms with van der Waals surface area (Å²) in [4.78, 5) is 14.3. The molecular weight excluding hydrogens is 238 g/mol. The number of amides is 1. The van der Waals surface area contributed by atoms with Crippen LogP contribution in [-0.4, -0.2) is 19.7 Å². The van der Waals surface area contributed by atoms with Crippen LogP contribution in [0.3, 0.4) is 0 Å². The van der Waals surface area contributed by atoms with Crippen LogP contribution in [-0.2, 0) is 9.53 Å². The van der Waals surface area contributed by atoms with Gasteiger partial charge in [-0.1, -0.05) is 48.5 Å². The van der Waals surface area contributed by atoms with E-state index in [1.54, 1.807) is 12.0 Å². The normalized spacial score (nSPS) is 17.6. The van der Waals surface area contributed by atoms with E-state index in [-0.39, 0.29) is 11.8 Å². The second-order valence-electron chi connectivity index (χ2n) is 4.59. The molecule has 1 atom stereocenters. The average molecular weight is 253 g/mol. The summed E-state index contributed by atoms with van der Waals surface area (Å²) in [6.45, 7) is 0.291. The van der Waals surface area contributed by atoms with Crippen LogP contribution in [0.5, 0.6) is 0 Å². The lowest BCUT2D eigenvalue weighted by molar-refractivity contribution is -0.119. The summed E-state index contributed by atoms with van der Waals surface area (Å²) < 4.78 is 5.14. The molecule has 3 nitrogen and oxygen atoms in total. The predicted octanol–water partition coefficient (Wildman–Crippen LogP) is 2.77. The van der Waals surface area contributed by atoms with Gasteiger partial charge in [-0.05, 0) is 17.2 Å². The Labute approximate surface area is 112 Å². The largest absolute Gasteiger partial charge is 0.364 e. The molecule has 1 unspecified atom stereocenters. The summed E-state index contributed by atoms with van der Waals surface area (Å²) in [7, 11) is 1.60. The van der Waals surface area contributed by atoms with Crippen molar-refractivity contribution >= 4 is 11.6 Å². The molecule has 0 N–H and O–H groups in total. The lowest BCUT2D eigenvalue weighted by Crippen LogP contribution is -2.30. The number of nitrogens with zero attached hydrogens (tertiary/aromatic N) is 1. The Morgan fingerprint density at radius 1 is 1.05 bits per heavy atom. The van der Waals surface area contributed by atoms with Crippen molar-refractivity contribution in [3.8, 4) is 0 Å². The van der Waals surface area contributed by atoms with E-state index in [2.05, 4.69) is 0 Å². The van der Waals surface area contributed by atoms with Gasteiger partial charge in [0.05, 0.1) is 11.6 Å². The Morgan fingerprint density at radius 3 is 2.47 bits per heavy atom. The quantitative estimate of drug-likeness (QED) is 0.841. The predicted molar refractivity (Wildman–Crippen MR) is 74.1 cm³/mol. The van der Waals surface area contributed by atoms with Crippen LogP contribution in [0.15, 0.2) is 54.6 Å². The van der Waals surface area contributed by atoms with Gasteiger partial charge in [-0.15, -0.1) is 0 Å². The number of anilines is 1. The maximum absolute atomic E-state index is 12.6. The number of carbonyl (C=O) groups is 1. The van der Waals surface area contributed by atoms with Crippen molar-refractivity contribution in [2.45, 2.75) is 5.92 Å².